The van der Waals surface area contributed by atoms with Crippen LogP contribution in [0.5, 0.6) is 5.75 Å². The molecule has 1 aliphatic carbocycles. The van der Waals surface area contributed by atoms with Crippen LogP contribution in [0.3, 0.4) is 0 Å². The zero-order valence-corrected chi connectivity index (χ0v) is 18.8. The first kappa shape index (κ1) is 22.0. The van der Waals surface area contributed by atoms with E-state index in [4.69, 9.17) is 27.9 Å². The predicted molar refractivity (Wildman–Crippen MR) is 116 cm³/mol. The predicted octanol–water partition coefficient (Wildman–Crippen LogP) is 5.08. The highest BCUT2D eigenvalue weighted by molar-refractivity contribution is 7.92. The molecule has 0 saturated heterocycles. The van der Waals surface area contributed by atoms with Crippen molar-refractivity contribution in [3.63, 3.8) is 0 Å². The fourth-order valence-electron chi connectivity index (χ4n) is 2.81. The number of amides is 1. The van der Waals surface area contributed by atoms with Crippen molar-refractivity contribution in [1.82, 2.24) is 4.98 Å². The normalized spacial score (nSPS) is 14.8. The Kier molecular flexibility index (Phi) is 6.20. The molecule has 161 valence electrons. The molecule has 1 radical (unpaired) electrons. The zero-order chi connectivity index (χ0) is 22.2. The second-order valence-corrected chi connectivity index (χ2v) is 11.0. The number of rotatable bonds is 7. The molecule has 1 aromatic heterocycles. The Morgan fingerprint density at radius 3 is 2.52 bits per heavy atom. The lowest BCUT2D eigenvalue weighted by molar-refractivity contribution is -0.123. The number of nitrogens with one attached hydrogen (secondary N) is 1. The van der Waals surface area contributed by atoms with E-state index in [2.05, 4.69) is 16.5 Å². The van der Waals surface area contributed by atoms with Crippen molar-refractivity contribution >= 4 is 55.4 Å². The van der Waals surface area contributed by atoms with Crippen LogP contribution in [0.2, 0.25) is 9.36 Å². The molecule has 3 aromatic rings. The van der Waals surface area contributed by atoms with Gasteiger partial charge < -0.3 is 4.74 Å². The van der Waals surface area contributed by atoms with E-state index in [0.717, 1.165) is 17.4 Å². The minimum atomic E-state index is -3.37. The first-order valence-corrected chi connectivity index (χ1v) is 12.2. The molecule has 1 amide bonds. The summed E-state index contributed by atoms with van der Waals surface area (Å²) in [6.07, 6.45) is 2.62. The first-order valence-electron chi connectivity index (χ1n) is 9.04. The van der Waals surface area contributed by atoms with Gasteiger partial charge in [-0.3, -0.25) is 10.1 Å². The molecule has 6 nitrogen and oxygen atoms in total. The van der Waals surface area contributed by atoms with Gasteiger partial charge >= 0.3 is 0 Å². The lowest BCUT2D eigenvalue weighted by atomic mass is 10.1. The van der Waals surface area contributed by atoms with Crippen LogP contribution in [0.4, 0.5) is 9.52 Å². The highest BCUT2D eigenvalue weighted by Gasteiger charge is 2.37. The van der Waals surface area contributed by atoms with Gasteiger partial charge in [-0.15, -0.1) is 0 Å². The van der Waals surface area contributed by atoms with E-state index in [1.165, 1.54) is 36.4 Å². The Balaban J connectivity index is 1.63. The smallest absolute Gasteiger partial charge is 0.271 e. The van der Waals surface area contributed by atoms with E-state index in [1.54, 1.807) is 0 Å². The monoisotopic (exact) mass is 499 g/mol. The summed E-state index contributed by atoms with van der Waals surface area (Å²) in [6, 6.07) is 9.60. The first-order chi connectivity index (χ1) is 14.7. The van der Waals surface area contributed by atoms with Crippen LogP contribution in [0, 0.1) is 12.0 Å². The molecule has 1 saturated carbocycles. The number of carbonyl (C=O) groups is 1. The van der Waals surface area contributed by atoms with Gasteiger partial charge in [0.05, 0.1) is 15.2 Å². The van der Waals surface area contributed by atoms with Crippen molar-refractivity contribution in [2.24, 2.45) is 0 Å². The Bertz CT molecular complexity index is 1230. The number of anilines is 1. The number of hydrogen-bond acceptors (Lipinski definition) is 6. The van der Waals surface area contributed by atoms with Crippen molar-refractivity contribution < 1.29 is 22.3 Å². The van der Waals surface area contributed by atoms with E-state index in [-0.39, 0.29) is 30.4 Å². The maximum atomic E-state index is 13.5. The summed E-state index contributed by atoms with van der Waals surface area (Å²) < 4.78 is 44.4. The van der Waals surface area contributed by atoms with Gasteiger partial charge in [-0.25, -0.2) is 17.8 Å². The molecule has 0 spiro atoms. The minimum Gasteiger partial charge on any atom is -0.476 e. The van der Waals surface area contributed by atoms with Crippen molar-refractivity contribution in [2.45, 2.75) is 29.1 Å². The van der Waals surface area contributed by atoms with Crippen molar-refractivity contribution in [1.29, 1.82) is 0 Å². The lowest BCUT2D eigenvalue weighted by Crippen LogP contribution is -2.25. The summed E-state index contributed by atoms with van der Waals surface area (Å²) in [5, 5.41) is 2.29. The zero-order valence-electron chi connectivity index (χ0n) is 15.6. The summed E-state index contributed by atoms with van der Waals surface area (Å²) in [5.74, 6) is -1.06. The summed E-state index contributed by atoms with van der Waals surface area (Å²) in [7, 11) is -3.37. The van der Waals surface area contributed by atoms with Crippen LogP contribution < -0.4 is 10.1 Å². The molecule has 1 N–H and O–H groups in total. The molecule has 0 bridgehead atoms. The highest BCUT2D eigenvalue weighted by atomic mass is 35.5. The van der Waals surface area contributed by atoms with Crippen LogP contribution in [0.1, 0.15) is 24.5 Å². The van der Waals surface area contributed by atoms with E-state index < -0.39 is 27.7 Å². The third-order valence-corrected chi connectivity index (χ3v) is 8.06. The number of ether oxygens (including phenoxy) is 1. The molecule has 31 heavy (non-hydrogen) atoms. The second kappa shape index (κ2) is 8.74. The highest BCUT2D eigenvalue weighted by Crippen LogP contribution is 2.34. The number of benzene rings is 2. The Hall–Kier alpha value is -2.20. The van der Waals surface area contributed by atoms with Crippen LogP contribution in [-0.4, -0.2) is 24.6 Å². The van der Waals surface area contributed by atoms with E-state index in [1.807, 2.05) is 0 Å². The number of aromatic nitrogens is 1. The molecular formula is C20H14Cl2FN2O4S2. The molecule has 2 aromatic carbocycles. The number of carbonyl (C=O) groups excluding carboxylic acids is 1. The Morgan fingerprint density at radius 1 is 1.23 bits per heavy atom. The van der Waals surface area contributed by atoms with E-state index in [0.29, 0.717) is 18.4 Å². The number of thiazole rings is 1. The number of hydrogen-bond donors (Lipinski definition) is 1. The molecule has 11 heteroatoms. The fraction of sp³-hybridized carbons (Fsp3) is 0.200. The van der Waals surface area contributed by atoms with Gasteiger partial charge in [0.1, 0.15) is 22.1 Å². The standard InChI is InChI=1S/C20H14Cl2FN2O4S2/c21-15-9-12(3-8-16(15)23)29-18(19(26)25-20-24-10-17(22)30-20)11-1-4-13(5-2-11)31(27,28)14-6-7-14/h1-5,8-9,14,18H,6-7H2,(H,24,25,26). The van der Waals surface area contributed by atoms with Crippen LogP contribution in [0.25, 0.3) is 0 Å². The van der Waals surface area contributed by atoms with Crippen molar-refractivity contribution in [2.75, 3.05) is 5.32 Å². The summed E-state index contributed by atoms with van der Waals surface area (Å²) in [6.45, 7) is 0. The van der Waals surface area contributed by atoms with Gasteiger partial charge in [0, 0.05) is 11.6 Å². The Labute approximate surface area is 191 Å². The molecule has 1 fully saturated rings. The van der Waals surface area contributed by atoms with Crippen LogP contribution in [0.15, 0.2) is 47.4 Å². The van der Waals surface area contributed by atoms with Gasteiger partial charge in [-0.2, -0.15) is 0 Å². The molecule has 0 aliphatic heterocycles. The second-order valence-electron chi connectivity index (χ2n) is 6.78. The van der Waals surface area contributed by atoms with E-state index >= 15 is 0 Å². The van der Waals surface area contributed by atoms with Gasteiger partial charge in [0.2, 0.25) is 6.10 Å². The lowest BCUT2D eigenvalue weighted by Gasteiger charge is -2.19. The van der Waals surface area contributed by atoms with Gasteiger partial charge in [0.15, 0.2) is 15.0 Å². The fourth-order valence-corrected chi connectivity index (χ4v) is 5.40. The average molecular weight is 500 g/mol. The Morgan fingerprint density at radius 2 is 1.94 bits per heavy atom. The van der Waals surface area contributed by atoms with Crippen LogP contribution in [-0.2, 0) is 14.6 Å². The summed E-state index contributed by atoms with van der Waals surface area (Å²) >= 11 is 12.6. The molecule has 4 rings (SSSR count). The number of halogens is 3. The van der Waals surface area contributed by atoms with E-state index in [9.17, 15) is 17.6 Å². The maximum Gasteiger partial charge on any atom is 0.271 e. The molecular weight excluding hydrogens is 486 g/mol. The number of sulfone groups is 1. The van der Waals surface area contributed by atoms with Gasteiger partial charge in [-0.1, -0.05) is 46.7 Å². The summed E-state index contributed by atoms with van der Waals surface area (Å²) in [5.41, 5.74) is 0.388. The largest absolute Gasteiger partial charge is 0.476 e. The maximum absolute atomic E-state index is 13.5. The SMILES string of the molecule is O=C(Nc1n[c]c(Cl)s1)C(Oc1ccc(F)c(Cl)c1)c1ccc(S(=O)(=O)C2CC2)cc1. The quantitative estimate of drug-likeness (QED) is 0.489. The summed E-state index contributed by atoms with van der Waals surface area (Å²) in [4.78, 5) is 17.0. The average Bonchev–Trinajstić information content (AvgIpc) is 3.52. The third kappa shape index (κ3) is 5.01. The molecule has 1 atom stereocenters. The van der Waals surface area contributed by atoms with Crippen molar-refractivity contribution in [3.05, 3.63) is 69.4 Å². The molecule has 1 unspecified atom stereocenters. The van der Waals surface area contributed by atoms with Crippen molar-refractivity contribution in [3.8, 4) is 5.75 Å². The number of nitrogens with zero attached hydrogens (tertiary/aromatic N) is 1. The third-order valence-electron chi connectivity index (χ3n) is 4.52. The topological polar surface area (TPSA) is 85.4 Å². The van der Waals surface area contributed by atoms with Crippen LogP contribution >= 0.6 is 34.5 Å². The minimum absolute atomic E-state index is 0.157. The van der Waals surface area contributed by atoms with Gasteiger partial charge in [-0.05, 0) is 37.1 Å². The molecule has 1 heterocycles. The molecule has 1 aliphatic rings. The van der Waals surface area contributed by atoms with Gasteiger partial charge in [0.25, 0.3) is 5.91 Å².